The molecule has 1 N–H and O–H groups in total. The van der Waals surface area contributed by atoms with E-state index in [0.29, 0.717) is 30.1 Å². The van der Waals surface area contributed by atoms with Gasteiger partial charge in [-0.3, -0.25) is 4.79 Å². The molecule has 1 aliphatic heterocycles. The second kappa shape index (κ2) is 8.20. The van der Waals surface area contributed by atoms with Gasteiger partial charge in [-0.15, -0.1) is 0 Å². The number of benzene rings is 2. The Hall–Kier alpha value is -1.89. The molecule has 2 aromatic carbocycles. The van der Waals surface area contributed by atoms with Crippen molar-refractivity contribution in [3.63, 3.8) is 0 Å². The summed E-state index contributed by atoms with van der Waals surface area (Å²) in [5, 5.41) is 3.37. The van der Waals surface area contributed by atoms with Gasteiger partial charge in [0, 0.05) is 23.8 Å². The predicted molar refractivity (Wildman–Crippen MR) is 103 cm³/mol. The molecule has 26 heavy (non-hydrogen) atoms. The first kappa shape index (κ1) is 18.9. The van der Waals surface area contributed by atoms with Crippen molar-refractivity contribution in [1.82, 2.24) is 4.31 Å². The molecule has 0 aliphatic carbocycles. The highest BCUT2D eigenvalue weighted by atomic mass is 35.5. The van der Waals surface area contributed by atoms with Crippen molar-refractivity contribution >= 4 is 33.2 Å². The summed E-state index contributed by atoms with van der Waals surface area (Å²) in [5.74, 6) is -0.587. The Kier molecular flexibility index (Phi) is 5.96. The number of anilines is 1. The molecule has 0 saturated carbocycles. The zero-order valence-electron chi connectivity index (χ0n) is 14.3. The van der Waals surface area contributed by atoms with Crippen molar-refractivity contribution in [3.8, 4) is 0 Å². The van der Waals surface area contributed by atoms with Gasteiger partial charge in [0.1, 0.15) is 0 Å². The van der Waals surface area contributed by atoms with Crippen LogP contribution >= 0.6 is 11.6 Å². The van der Waals surface area contributed by atoms with Crippen molar-refractivity contribution in [1.29, 1.82) is 0 Å². The van der Waals surface area contributed by atoms with E-state index in [1.54, 1.807) is 36.4 Å². The van der Waals surface area contributed by atoms with Crippen LogP contribution in [0.25, 0.3) is 0 Å². The van der Waals surface area contributed by atoms with E-state index < -0.39 is 10.0 Å². The zero-order chi connectivity index (χ0) is 18.6. The molecule has 1 saturated heterocycles. The third kappa shape index (κ3) is 4.84. The van der Waals surface area contributed by atoms with E-state index in [-0.39, 0.29) is 24.1 Å². The van der Waals surface area contributed by atoms with E-state index in [0.717, 1.165) is 5.56 Å². The highest BCUT2D eigenvalue weighted by molar-refractivity contribution is 7.88. The Labute approximate surface area is 159 Å². The fraction of sp³-hybridized carbons (Fsp3) is 0.316. The lowest BCUT2D eigenvalue weighted by Gasteiger charge is -2.31. The first-order valence-electron chi connectivity index (χ1n) is 8.52. The largest absolute Gasteiger partial charge is 0.326 e. The minimum atomic E-state index is -3.45. The SMILES string of the molecule is O=C(Nc1cccc(Cl)c1)[C@@H]1CCCN(S(=O)(=O)Cc2ccccc2)C1. The van der Waals surface area contributed by atoms with E-state index in [1.165, 1.54) is 4.31 Å². The van der Waals surface area contributed by atoms with Gasteiger partial charge in [-0.2, -0.15) is 0 Å². The first-order chi connectivity index (χ1) is 12.4. The number of nitrogens with one attached hydrogen (secondary N) is 1. The number of amides is 1. The molecule has 3 rings (SSSR count). The van der Waals surface area contributed by atoms with Crippen molar-refractivity contribution < 1.29 is 13.2 Å². The number of nitrogens with zero attached hydrogens (tertiary/aromatic N) is 1. The number of carbonyl (C=O) groups excluding carboxylic acids is 1. The van der Waals surface area contributed by atoms with E-state index >= 15 is 0 Å². The first-order valence-corrected chi connectivity index (χ1v) is 10.5. The molecule has 0 unspecified atom stereocenters. The smallest absolute Gasteiger partial charge is 0.228 e. The summed E-state index contributed by atoms with van der Waals surface area (Å²) in [7, 11) is -3.45. The van der Waals surface area contributed by atoms with Crippen LogP contribution in [0.15, 0.2) is 54.6 Å². The van der Waals surface area contributed by atoms with Gasteiger partial charge in [-0.05, 0) is 36.6 Å². The number of carbonyl (C=O) groups is 1. The maximum atomic E-state index is 12.7. The molecule has 5 nitrogen and oxygen atoms in total. The van der Waals surface area contributed by atoms with Gasteiger partial charge in [0.25, 0.3) is 0 Å². The lowest BCUT2D eigenvalue weighted by atomic mass is 9.99. The summed E-state index contributed by atoms with van der Waals surface area (Å²) >= 11 is 5.94. The minimum Gasteiger partial charge on any atom is -0.326 e. The number of piperidine rings is 1. The Balaban J connectivity index is 1.65. The maximum absolute atomic E-state index is 12.7. The summed E-state index contributed by atoms with van der Waals surface area (Å²) in [6.07, 6.45) is 1.34. The van der Waals surface area contributed by atoms with Gasteiger partial charge >= 0.3 is 0 Å². The summed E-state index contributed by atoms with van der Waals surface area (Å²) in [5.41, 5.74) is 1.37. The van der Waals surface area contributed by atoms with E-state index in [1.807, 2.05) is 18.2 Å². The summed E-state index contributed by atoms with van der Waals surface area (Å²) < 4.78 is 26.8. The van der Waals surface area contributed by atoms with Crippen LogP contribution in [0.5, 0.6) is 0 Å². The molecule has 138 valence electrons. The average Bonchev–Trinajstić information content (AvgIpc) is 2.62. The Bertz CT molecular complexity index is 871. The van der Waals surface area contributed by atoms with E-state index in [9.17, 15) is 13.2 Å². The molecule has 0 spiro atoms. The predicted octanol–water partition coefficient (Wildman–Crippen LogP) is 3.52. The van der Waals surface area contributed by atoms with Crippen LogP contribution < -0.4 is 5.32 Å². The Morgan fingerprint density at radius 2 is 1.92 bits per heavy atom. The van der Waals surface area contributed by atoms with Gasteiger partial charge in [0.2, 0.25) is 15.9 Å². The summed E-state index contributed by atoms with van der Waals surface area (Å²) in [6, 6.07) is 16.0. The average molecular weight is 393 g/mol. The standard InChI is InChI=1S/C19H21ClN2O3S/c20-17-9-4-10-18(12-17)21-19(23)16-8-5-11-22(13-16)26(24,25)14-15-6-2-1-3-7-15/h1-4,6-7,9-10,12,16H,5,8,11,13-14H2,(H,21,23)/t16-/m1/s1. The van der Waals surface area contributed by atoms with E-state index in [4.69, 9.17) is 11.6 Å². The highest BCUT2D eigenvalue weighted by Crippen LogP contribution is 2.23. The molecule has 0 aromatic heterocycles. The van der Waals surface area contributed by atoms with Crippen LogP contribution in [0.1, 0.15) is 18.4 Å². The second-order valence-corrected chi connectivity index (χ2v) is 8.84. The molecule has 0 radical (unpaired) electrons. The topological polar surface area (TPSA) is 66.5 Å². The van der Waals surface area contributed by atoms with Crippen LogP contribution in [0.2, 0.25) is 5.02 Å². The summed E-state index contributed by atoms with van der Waals surface area (Å²) in [6.45, 7) is 0.664. The van der Waals surface area contributed by atoms with Crippen LogP contribution in [0, 0.1) is 5.92 Å². The maximum Gasteiger partial charge on any atom is 0.228 e. The normalized spacial score (nSPS) is 18.4. The third-order valence-corrected chi connectivity index (χ3v) is 6.48. The van der Waals surface area contributed by atoms with Gasteiger partial charge in [-0.1, -0.05) is 48.0 Å². The number of halogens is 1. The van der Waals surface area contributed by atoms with E-state index in [2.05, 4.69) is 5.32 Å². The molecular formula is C19H21ClN2O3S. The number of hydrogen-bond donors (Lipinski definition) is 1. The van der Waals surface area contributed by atoms with Crippen LogP contribution in [-0.4, -0.2) is 31.7 Å². The molecular weight excluding hydrogens is 372 g/mol. The Morgan fingerprint density at radius 1 is 1.15 bits per heavy atom. The molecule has 1 aliphatic rings. The van der Waals surface area contributed by atoms with Crippen LogP contribution in [-0.2, 0) is 20.6 Å². The second-order valence-electron chi connectivity index (χ2n) is 6.44. The molecule has 1 fully saturated rings. The zero-order valence-corrected chi connectivity index (χ0v) is 15.8. The van der Waals surface area contributed by atoms with Crippen molar-refractivity contribution in [3.05, 3.63) is 65.2 Å². The highest BCUT2D eigenvalue weighted by Gasteiger charge is 2.32. The summed E-state index contributed by atoms with van der Waals surface area (Å²) in [4.78, 5) is 12.5. The number of hydrogen-bond acceptors (Lipinski definition) is 3. The van der Waals surface area contributed by atoms with Gasteiger partial charge in [0.05, 0.1) is 11.7 Å². The lowest BCUT2D eigenvalue weighted by Crippen LogP contribution is -2.44. The fourth-order valence-electron chi connectivity index (χ4n) is 3.10. The van der Waals surface area contributed by atoms with Crippen molar-refractivity contribution in [2.45, 2.75) is 18.6 Å². The minimum absolute atomic E-state index is 0.0452. The van der Waals surface area contributed by atoms with Gasteiger partial charge in [-0.25, -0.2) is 12.7 Å². The number of sulfonamides is 1. The van der Waals surface area contributed by atoms with Gasteiger partial charge in [0.15, 0.2) is 0 Å². The van der Waals surface area contributed by atoms with Crippen molar-refractivity contribution in [2.24, 2.45) is 5.92 Å². The molecule has 1 heterocycles. The molecule has 7 heteroatoms. The van der Waals surface area contributed by atoms with Gasteiger partial charge < -0.3 is 5.32 Å². The Morgan fingerprint density at radius 3 is 2.65 bits per heavy atom. The molecule has 1 atom stereocenters. The third-order valence-electron chi connectivity index (χ3n) is 4.43. The van der Waals surface area contributed by atoms with Crippen LogP contribution in [0.4, 0.5) is 5.69 Å². The fourth-order valence-corrected chi connectivity index (χ4v) is 4.90. The monoisotopic (exact) mass is 392 g/mol. The van der Waals surface area contributed by atoms with Crippen molar-refractivity contribution in [2.75, 3.05) is 18.4 Å². The lowest BCUT2D eigenvalue weighted by molar-refractivity contribution is -0.120. The molecule has 1 amide bonds. The molecule has 2 aromatic rings. The quantitative estimate of drug-likeness (QED) is 0.846. The molecule has 0 bridgehead atoms. The van der Waals surface area contributed by atoms with Crippen LogP contribution in [0.3, 0.4) is 0 Å². The number of rotatable bonds is 5.